The van der Waals surface area contributed by atoms with Crippen molar-refractivity contribution in [3.05, 3.63) is 56.4 Å². The Hall–Kier alpha value is -2.36. The first-order valence-corrected chi connectivity index (χ1v) is 12.9. The fraction of sp³-hybridized carbons (Fsp3) is 0.320. The minimum atomic E-state index is -0.275. The fourth-order valence-electron chi connectivity index (χ4n) is 3.33. The van der Waals surface area contributed by atoms with E-state index >= 15 is 0 Å². The molecule has 2 amide bonds. The Bertz CT molecular complexity index is 1150. The van der Waals surface area contributed by atoms with Crippen molar-refractivity contribution >= 4 is 67.8 Å². The molecular weight excluding hydrogens is 536 g/mol. The molecule has 0 saturated carbocycles. The number of hydrogen-bond acceptors (Lipinski definition) is 6. The molecule has 3 rings (SSSR count). The summed E-state index contributed by atoms with van der Waals surface area (Å²) in [5, 5.41) is 2.88. The van der Waals surface area contributed by atoms with Gasteiger partial charge in [0.15, 0.2) is 18.1 Å². The van der Waals surface area contributed by atoms with Gasteiger partial charge >= 0.3 is 0 Å². The molecule has 6 nitrogen and oxygen atoms in total. The topological polar surface area (TPSA) is 67.9 Å². The molecule has 0 spiro atoms. The SMILES string of the molecule is CCCCN1C(=O)/C(=C/c2cc(Br)c(OCC(=O)Nc3cccc(C)c3C)c(OC)c2)SC1=S. The minimum absolute atomic E-state index is 0.0815. The van der Waals surface area contributed by atoms with Crippen molar-refractivity contribution < 1.29 is 19.1 Å². The molecule has 9 heteroatoms. The average Bonchev–Trinajstić information content (AvgIpc) is 3.06. The van der Waals surface area contributed by atoms with E-state index in [1.807, 2.05) is 38.1 Å². The molecule has 34 heavy (non-hydrogen) atoms. The van der Waals surface area contributed by atoms with Crippen LogP contribution in [0.4, 0.5) is 5.69 Å². The highest BCUT2D eigenvalue weighted by Gasteiger charge is 2.31. The van der Waals surface area contributed by atoms with Gasteiger partial charge in [-0.3, -0.25) is 14.5 Å². The third kappa shape index (κ3) is 6.20. The van der Waals surface area contributed by atoms with Crippen molar-refractivity contribution in [1.29, 1.82) is 0 Å². The maximum atomic E-state index is 12.7. The van der Waals surface area contributed by atoms with Crippen LogP contribution in [0, 0.1) is 13.8 Å². The predicted molar refractivity (Wildman–Crippen MR) is 146 cm³/mol. The molecule has 1 aliphatic heterocycles. The molecule has 2 aromatic carbocycles. The molecule has 180 valence electrons. The molecule has 0 radical (unpaired) electrons. The largest absolute Gasteiger partial charge is 0.493 e. The standard InChI is InChI=1S/C25H27BrN2O4S2/c1-5-6-10-28-24(30)21(34-25(28)33)13-17-11-18(26)23(20(12-17)31-4)32-14-22(29)27-19-9-7-8-15(2)16(19)3/h7-9,11-13H,5-6,10,14H2,1-4H3,(H,27,29)/b21-13-. The summed E-state index contributed by atoms with van der Waals surface area (Å²) in [6, 6.07) is 9.33. The molecule has 2 aromatic rings. The number of thiocarbonyl (C=S) groups is 1. The van der Waals surface area contributed by atoms with Crippen molar-refractivity contribution in [2.45, 2.75) is 33.6 Å². The Morgan fingerprint density at radius 2 is 2.06 bits per heavy atom. The van der Waals surface area contributed by atoms with Crippen molar-refractivity contribution in [1.82, 2.24) is 4.90 Å². The van der Waals surface area contributed by atoms with Crippen molar-refractivity contribution in [3.63, 3.8) is 0 Å². The van der Waals surface area contributed by atoms with Crippen LogP contribution in [-0.4, -0.2) is 41.3 Å². The van der Waals surface area contributed by atoms with Crippen LogP contribution in [0.3, 0.4) is 0 Å². The Labute approximate surface area is 218 Å². The lowest BCUT2D eigenvalue weighted by Crippen LogP contribution is -2.28. The average molecular weight is 564 g/mol. The Morgan fingerprint density at radius 3 is 2.76 bits per heavy atom. The predicted octanol–water partition coefficient (Wildman–Crippen LogP) is 6.09. The van der Waals surface area contributed by atoms with E-state index in [0.29, 0.717) is 31.7 Å². The van der Waals surface area contributed by atoms with Gasteiger partial charge in [-0.2, -0.15) is 0 Å². The zero-order valence-electron chi connectivity index (χ0n) is 19.6. The monoisotopic (exact) mass is 562 g/mol. The summed E-state index contributed by atoms with van der Waals surface area (Å²) in [7, 11) is 1.53. The number of carbonyl (C=O) groups excluding carboxylic acids is 2. The van der Waals surface area contributed by atoms with Crippen LogP contribution < -0.4 is 14.8 Å². The summed E-state index contributed by atoms with van der Waals surface area (Å²) in [4.78, 5) is 27.4. The number of rotatable bonds is 9. The van der Waals surface area contributed by atoms with E-state index in [4.69, 9.17) is 21.7 Å². The molecule has 1 aliphatic rings. The molecule has 0 unspecified atom stereocenters. The van der Waals surface area contributed by atoms with Crippen LogP contribution in [0.1, 0.15) is 36.5 Å². The molecule has 1 heterocycles. The van der Waals surface area contributed by atoms with Gasteiger partial charge in [0.05, 0.1) is 16.5 Å². The van der Waals surface area contributed by atoms with E-state index in [9.17, 15) is 9.59 Å². The molecule has 0 atom stereocenters. The van der Waals surface area contributed by atoms with Gasteiger partial charge in [-0.05, 0) is 77.2 Å². The number of hydrogen-bond donors (Lipinski definition) is 1. The molecule has 0 aromatic heterocycles. The van der Waals surface area contributed by atoms with Crippen molar-refractivity contribution in [2.75, 3.05) is 25.6 Å². The number of benzene rings is 2. The second kappa shape index (κ2) is 11.9. The van der Waals surface area contributed by atoms with Crippen molar-refractivity contribution in [3.8, 4) is 11.5 Å². The Morgan fingerprint density at radius 1 is 1.29 bits per heavy atom. The molecule has 1 saturated heterocycles. The van der Waals surface area contributed by atoms with Gasteiger partial charge in [-0.15, -0.1) is 0 Å². The number of aryl methyl sites for hydroxylation is 1. The van der Waals surface area contributed by atoms with Crippen molar-refractivity contribution in [2.24, 2.45) is 0 Å². The van der Waals surface area contributed by atoms with Crippen LogP contribution in [0.2, 0.25) is 0 Å². The fourth-order valence-corrected chi connectivity index (χ4v) is 5.22. The van der Waals surface area contributed by atoms with Gasteiger partial charge < -0.3 is 14.8 Å². The molecular formula is C25H27BrN2O4S2. The number of halogens is 1. The van der Waals surface area contributed by atoms with Crippen LogP contribution in [0.5, 0.6) is 11.5 Å². The van der Waals surface area contributed by atoms with Crippen LogP contribution in [0.15, 0.2) is 39.7 Å². The third-order valence-electron chi connectivity index (χ3n) is 5.38. The number of nitrogens with zero attached hydrogens (tertiary/aromatic N) is 1. The summed E-state index contributed by atoms with van der Waals surface area (Å²) in [5.74, 6) is 0.498. The van der Waals surface area contributed by atoms with Gasteiger partial charge in [0.25, 0.3) is 11.8 Å². The van der Waals surface area contributed by atoms with E-state index in [0.717, 1.165) is 35.2 Å². The second-order valence-corrected chi connectivity index (χ2v) is 10.3. The van der Waals surface area contributed by atoms with Gasteiger partial charge in [-0.1, -0.05) is 49.5 Å². The number of anilines is 1. The Kier molecular flexibility index (Phi) is 9.16. The van der Waals surface area contributed by atoms with Crippen LogP contribution in [0.25, 0.3) is 6.08 Å². The van der Waals surface area contributed by atoms with E-state index in [1.54, 1.807) is 17.0 Å². The highest BCUT2D eigenvalue weighted by atomic mass is 79.9. The number of thioether (sulfide) groups is 1. The number of amides is 2. The number of nitrogens with one attached hydrogen (secondary N) is 1. The minimum Gasteiger partial charge on any atom is -0.493 e. The lowest BCUT2D eigenvalue weighted by molar-refractivity contribution is -0.122. The van der Waals surface area contributed by atoms with Gasteiger partial charge in [-0.25, -0.2) is 0 Å². The molecule has 0 bridgehead atoms. The number of ether oxygens (including phenoxy) is 2. The molecule has 1 N–H and O–H groups in total. The molecule has 0 aliphatic carbocycles. The van der Waals surface area contributed by atoms with Crippen LogP contribution in [-0.2, 0) is 9.59 Å². The number of carbonyl (C=O) groups is 2. The summed E-state index contributed by atoms with van der Waals surface area (Å²) in [6.07, 6.45) is 3.68. The second-order valence-electron chi connectivity index (χ2n) is 7.81. The third-order valence-corrected chi connectivity index (χ3v) is 7.35. The summed E-state index contributed by atoms with van der Waals surface area (Å²) < 4.78 is 12.5. The summed E-state index contributed by atoms with van der Waals surface area (Å²) in [6.45, 7) is 6.48. The van der Waals surface area contributed by atoms with Gasteiger partial charge in [0.1, 0.15) is 4.32 Å². The van der Waals surface area contributed by atoms with E-state index < -0.39 is 0 Å². The van der Waals surface area contributed by atoms with Gasteiger partial charge in [0, 0.05) is 12.2 Å². The van der Waals surface area contributed by atoms with Crippen LogP contribution >= 0.6 is 39.9 Å². The number of methoxy groups -OCH3 is 1. The first-order valence-electron chi connectivity index (χ1n) is 10.9. The highest BCUT2D eigenvalue weighted by Crippen LogP contribution is 2.39. The van der Waals surface area contributed by atoms with Gasteiger partial charge in [0.2, 0.25) is 0 Å². The normalized spacial score (nSPS) is 14.6. The summed E-state index contributed by atoms with van der Waals surface area (Å²) >= 11 is 10.2. The first-order chi connectivity index (χ1) is 16.2. The zero-order valence-corrected chi connectivity index (χ0v) is 22.8. The maximum absolute atomic E-state index is 12.7. The Balaban J connectivity index is 1.73. The summed E-state index contributed by atoms with van der Waals surface area (Å²) in [5.41, 5.74) is 3.62. The smallest absolute Gasteiger partial charge is 0.266 e. The lowest BCUT2D eigenvalue weighted by Gasteiger charge is -2.15. The first kappa shape index (κ1) is 26.2. The van der Waals surface area contributed by atoms with E-state index in [1.165, 1.54) is 18.9 Å². The van der Waals surface area contributed by atoms with E-state index in [2.05, 4.69) is 28.2 Å². The van der Waals surface area contributed by atoms with E-state index in [-0.39, 0.29) is 18.4 Å². The quantitative estimate of drug-likeness (QED) is 0.294. The number of unbranched alkanes of at least 4 members (excludes halogenated alkanes) is 1. The zero-order chi connectivity index (χ0) is 24.8. The highest BCUT2D eigenvalue weighted by molar-refractivity contribution is 9.10. The molecule has 1 fully saturated rings. The maximum Gasteiger partial charge on any atom is 0.266 e. The lowest BCUT2D eigenvalue weighted by atomic mass is 10.1.